The van der Waals surface area contributed by atoms with Crippen molar-refractivity contribution in [3.63, 3.8) is 0 Å². The average Bonchev–Trinajstić information content (AvgIpc) is 2.79. The van der Waals surface area contributed by atoms with Crippen LogP contribution < -0.4 is 5.56 Å². The van der Waals surface area contributed by atoms with E-state index in [-0.39, 0.29) is 5.56 Å². The summed E-state index contributed by atoms with van der Waals surface area (Å²) in [6.45, 7) is 0. The van der Waals surface area contributed by atoms with E-state index in [9.17, 15) is 4.79 Å². The normalized spacial score (nSPS) is 11.6. The van der Waals surface area contributed by atoms with Gasteiger partial charge in [0.2, 0.25) is 0 Å². The highest BCUT2D eigenvalue weighted by molar-refractivity contribution is 5.93. The molecule has 0 aliphatic carbocycles. The second kappa shape index (κ2) is 3.13. The van der Waals surface area contributed by atoms with Crippen molar-refractivity contribution in [1.82, 2.24) is 24.6 Å². The molecule has 0 aliphatic rings. The van der Waals surface area contributed by atoms with Crippen LogP contribution in [0.5, 0.6) is 0 Å². The van der Waals surface area contributed by atoms with E-state index in [4.69, 9.17) is 0 Å². The molecule has 6 nitrogen and oxygen atoms in total. The molecular formula is C12H7N5O. The van der Waals surface area contributed by atoms with Crippen LogP contribution in [0.1, 0.15) is 0 Å². The molecular weight excluding hydrogens is 230 g/mol. The first-order chi connectivity index (χ1) is 8.84. The van der Waals surface area contributed by atoms with Gasteiger partial charge < -0.3 is 0 Å². The Morgan fingerprint density at radius 3 is 3.00 bits per heavy atom. The molecule has 0 fully saturated rings. The SMILES string of the molecule is O=c1c2cncnc2nc2c3ccccc3[nH]n12. The highest BCUT2D eigenvalue weighted by atomic mass is 16.1. The molecule has 0 saturated heterocycles. The van der Waals surface area contributed by atoms with Crippen molar-refractivity contribution >= 4 is 27.6 Å². The first-order valence-electron chi connectivity index (χ1n) is 5.44. The van der Waals surface area contributed by atoms with Gasteiger partial charge in [-0.25, -0.2) is 15.0 Å². The minimum atomic E-state index is -0.188. The van der Waals surface area contributed by atoms with Gasteiger partial charge in [0.1, 0.15) is 11.7 Å². The first kappa shape index (κ1) is 9.29. The van der Waals surface area contributed by atoms with Crippen molar-refractivity contribution in [2.75, 3.05) is 0 Å². The van der Waals surface area contributed by atoms with Gasteiger partial charge in [0.05, 0.1) is 5.52 Å². The van der Waals surface area contributed by atoms with Gasteiger partial charge in [-0.3, -0.25) is 9.89 Å². The number of para-hydroxylation sites is 1. The van der Waals surface area contributed by atoms with Crippen LogP contribution in [0.3, 0.4) is 0 Å². The van der Waals surface area contributed by atoms with E-state index >= 15 is 0 Å². The third-order valence-electron chi connectivity index (χ3n) is 2.95. The van der Waals surface area contributed by atoms with Gasteiger partial charge in [0.15, 0.2) is 11.3 Å². The maximum Gasteiger partial charge on any atom is 0.283 e. The highest BCUT2D eigenvalue weighted by Crippen LogP contribution is 2.17. The Morgan fingerprint density at radius 1 is 1.17 bits per heavy atom. The molecule has 3 aromatic heterocycles. The van der Waals surface area contributed by atoms with E-state index < -0.39 is 0 Å². The zero-order chi connectivity index (χ0) is 12.1. The molecule has 6 heteroatoms. The Morgan fingerprint density at radius 2 is 2.06 bits per heavy atom. The maximum atomic E-state index is 12.3. The summed E-state index contributed by atoms with van der Waals surface area (Å²) in [6, 6.07) is 7.63. The summed E-state index contributed by atoms with van der Waals surface area (Å²) in [7, 11) is 0. The number of rotatable bonds is 0. The Bertz CT molecular complexity index is 953. The van der Waals surface area contributed by atoms with Crippen LogP contribution in [0.4, 0.5) is 0 Å². The van der Waals surface area contributed by atoms with E-state index in [1.807, 2.05) is 24.3 Å². The summed E-state index contributed by atoms with van der Waals surface area (Å²) in [5, 5.41) is 4.33. The highest BCUT2D eigenvalue weighted by Gasteiger charge is 2.10. The van der Waals surface area contributed by atoms with E-state index in [1.165, 1.54) is 17.0 Å². The topological polar surface area (TPSA) is 75.9 Å². The van der Waals surface area contributed by atoms with Crippen LogP contribution in [-0.4, -0.2) is 24.6 Å². The van der Waals surface area contributed by atoms with E-state index in [0.717, 1.165) is 10.9 Å². The summed E-state index contributed by atoms with van der Waals surface area (Å²) in [5.74, 6) is 0. The zero-order valence-corrected chi connectivity index (χ0v) is 9.16. The molecule has 0 amide bonds. The number of fused-ring (bicyclic) bond motifs is 4. The fourth-order valence-corrected chi connectivity index (χ4v) is 2.11. The van der Waals surface area contributed by atoms with Crippen LogP contribution in [-0.2, 0) is 0 Å². The fraction of sp³-hybridized carbons (Fsp3) is 0. The summed E-state index contributed by atoms with van der Waals surface area (Å²) in [5.41, 5.74) is 1.68. The van der Waals surface area contributed by atoms with Crippen LogP contribution >= 0.6 is 0 Å². The van der Waals surface area contributed by atoms with Gasteiger partial charge >= 0.3 is 0 Å². The Hall–Kier alpha value is -2.76. The lowest BCUT2D eigenvalue weighted by Crippen LogP contribution is -2.15. The lowest BCUT2D eigenvalue weighted by molar-refractivity contribution is 0.926. The molecule has 0 radical (unpaired) electrons. The third kappa shape index (κ3) is 1.06. The molecule has 0 unspecified atom stereocenters. The van der Waals surface area contributed by atoms with E-state index in [2.05, 4.69) is 20.1 Å². The standard InChI is InChI=1S/C12H7N5O/c18-12-8-5-13-6-14-10(8)15-11-7-3-1-2-4-9(7)16-17(11)12/h1-6,16H. The molecule has 1 aromatic carbocycles. The van der Waals surface area contributed by atoms with Gasteiger partial charge in [0.25, 0.3) is 5.56 Å². The molecule has 0 saturated carbocycles. The van der Waals surface area contributed by atoms with Gasteiger partial charge in [-0.05, 0) is 12.1 Å². The second-order valence-electron chi connectivity index (χ2n) is 3.99. The minimum absolute atomic E-state index is 0.188. The molecule has 18 heavy (non-hydrogen) atoms. The molecule has 0 aliphatic heterocycles. The number of hydrogen-bond acceptors (Lipinski definition) is 4. The summed E-state index contributed by atoms with van der Waals surface area (Å²) < 4.78 is 1.43. The van der Waals surface area contributed by atoms with E-state index in [1.54, 1.807) is 0 Å². The molecule has 3 heterocycles. The number of benzene rings is 1. The van der Waals surface area contributed by atoms with Crippen molar-refractivity contribution < 1.29 is 0 Å². The Balaban J connectivity index is 2.38. The van der Waals surface area contributed by atoms with Crippen LogP contribution in [0, 0.1) is 0 Å². The van der Waals surface area contributed by atoms with Crippen LogP contribution in [0.2, 0.25) is 0 Å². The van der Waals surface area contributed by atoms with Gasteiger partial charge in [-0.15, -0.1) is 0 Å². The predicted octanol–water partition coefficient (Wildman–Crippen LogP) is 1.12. The maximum absolute atomic E-state index is 12.3. The number of nitrogens with zero attached hydrogens (tertiary/aromatic N) is 4. The molecule has 4 rings (SSSR count). The number of nitrogens with one attached hydrogen (secondary N) is 1. The van der Waals surface area contributed by atoms with Crippen molar-refractivity contribution in [2.24, 2.45) is 0 Å². The minimum Gasteiger partial charge on any atom is -0.289 e. The fourth-order valence-electron chi connectivity index (χ4n) is 2.11. The Labute approximate surface area is 99.9 Å². The van der Waals surface area contributed by atoms with Gasteiger partial charge in [0, 0.05) is 11.6 Å². The third-order valence-corrected chi connectivity index (χ3v) is 2.95. The predicted molar refractivity (Wildman–Crippen MR) is 66.4 cm³/mol. The van der Waals surface area contributed by atoms with Crippen molar-refractivity contribution in [3.05, 3.63) is 47.1 Å². The molecule has 0 bridgehead atoms. The molecule has 0 spiro atoms. The van der Waals surface area contributed by atoms with Gasteiger partial charge in [-0.1, -0.05) is 12.1 Å². The van der Waals surface area contributed by atoms with Crippen LogP contribution in [0.15, 0.2) is 41.6 Å². The molecule has 86 valence electrons. The monoisotopic (exact) mass is 237 g/mol. The molecule has 0 atom stereocenters. The number of H-pyrrole nitrogens is 1. The van der Waals surface area contributed by atoms with Crippen molar-refractivity contribution in [1.29, 1.82) is 0 Å². The van der Waals surface area contributed by atoms with Gasteiger partial charge in [-0.2, -0.15) is 4.52 Å². The van der Waals surface area contributed by atoms with Crippen LogP contribution in [0.25, 0.3) is 27.6 Å². The van der Waals surface area contributed by atoms with E-state index in [0.29, 0.717) is 16.7 Å². The quantitative estimate of drug-likeness (QED) is 0.497. The smallest absolute Gasteiger partial charge is 0.283 e. The number of hydrogen-bond donors (Lipinski definition) is 1. The summed E-state index contributed by atoms with van der Waals surface area (Å²) >= 11 is 0. The molecule has 4 aromatic rings. The average molecular weight is 237 g/mol. The first-order valence-corrected chi connectivity index (χ1v) is 5.44. The Kier molecular flexibility index (Phi) is 1.62. The summed E-state index contributed by atoms with van der Waals surface area (Å²) in [6.07, 6.45) is 2.87. The summed E-state index contributed by atoms with van der Waals surface area (Å²) in [4.78, 5) is 24.6. The largest absolute Gasteiger partial charge is 0.289 e. The lowest BCUT2D eigenvalue weighted by atomic mass is 10.2. The number of aromatic amines is 1. The lowest BCUT2D eigenvalue weighted by Gasteiger charge is -1.96. The second-order valence-corrected chi connectivity index (χ2v) is 3.99. The zero-order valence-electron chi connectivity index (χ0n) is 9.16. The van der Waals surface area contributed by atoms with Crippen molar-refractivity contribution in [3.8, 4) is 0 Å². The van der Waals surface area contributed by atoms with Crippen molar-refractivity contribution in [2.45, 2.75) is 0 Å². The molecule has 1 N–H and O–H groups in total. The number of aromatic nitrogens is 5.